The van der Waals surface area contributed by atoms with Gasteiger partial charge in [0.25, 0.3) is 0 Å². The molecule has 2 aromatic heterocycles. The molecule has 0 unspecified atom stereocenters. The summed E-state index contributed by atoms with van der Waals surface area (Å²) in [4.78, 5) is 16.6. The van der Waals surface area contributed by atoms with Crippen LogP contribution in [0, 0.1) is 0 Å². The number of methoxy groups -OCH3 is 2. The zero-order valence-electron chi connectivity index (χ0n) is 21.9. The Hall–Kier alpha value is -4.56. The molecule has 0 amide bonds. The molecule has 2 N–H and O–H groups in total. The van der Waals surface area contributed by atoms with Crippen molar-refractivity contribution in [3.8, 4) is 22.6 Å². The van der Waals surface area contributed by atoms with Crippen molar-refractivity contribution in [2.24, 2.45) is 0 Å². The maximum Gasteiger partial charge on any atom is 0.310 e. The Balaban J connectivity index is 1.41. The molecule has 0 radical (unpaired) electrons. The van der Waals surface area contributed by atoms with E-state index in [0.29, 0.717) is 42.5 Å². The normalized spacial score (nSPS) is 11.1. The zero-order valence-corrected chi connectivity index (χ0v) is 21.9. The van der Waals surface area contributed by atoms with Gasteiger partial charge in [0, 0.05) is 48.2 Å². The second-order valence-corrected chi connectivity index (χ2v) is 9.05. The molecule has 0 fully saturated rings. The van der Waals surface area contributed by atoms with Gasteiger partial charge in [0.15, 0.2) is 11.3 Å². The molecule has 0 bridgehead atoms. The van der Waals surface area contributed by atoms with Gasteiger partial charge in [0.1, 0.15) is 18.2 Å². The highest BCUT2D eigenvalue weighted by Gasteiger charge is 2.17. The number of ether oxygens (including phenoxy) is 4. The van der Waals surface area contributed by atoms with Crippen LogP contribution in [0.5, 0.6) is 11.5 Å². The molecule has 3 aromatic carbocycles. The summed E-state index contributed by atoms with van der Waals surface area (Å²) in [6.45, 7) is 1.11. The first-order valence-corrected chi connectivity index (χ1v) is 12.7. The molecular weight excluding hydrogens is 496 g/mol. The number of rotatable bonds is 11. The van der Waals surface area contributed by atoms with Crippen molar-refractivity contribution in [1.29, 1.82) is 0 Å². The van der Waals surface area contributed by atoms with Crippen LogP contribution in [0.15, 0.2) is 77.5 Å². The third-order valence-electron chi connectivity index (χ3n) is 6.53. The number of furan rings is 1. The highest BCUT2D eigenvalue weighted by atomic mass is 16.5. The van der Waals surface area contributed by atoms with Crippen LogP contribution < -0.4 is 15.2 Å². The molecule has 0 saturated heterocycles. The minimum absolute atomic E-state index is 0.117. The Kier molecular flexibility index (Phi) is 7.94. The van der Waals surface area contributed by atoms with E-state index in [9.17, 15) is 4.79 Å². The lowest BCUT2D eigenvalue weighted by molar-refractivity contribution is -0.143. The number of aromatic nitrogens is 1. The number of esters is 1. The van der Waals surface area contributed by atoms with E-state index in [1.54, 1.807) is 26.7 Å². The second-order valence-electron chi connectivity index (χ2n) is 9.05. The Morgan fingerprint density at radius 1 is 0.923 bits per heavy atom. The zero-order chi connectivity index (χ0) is 27.2. The van der Waals surface area contributed by atoms with Gasteiger partial charge in [0.2, 0.25) is 0 Å². The number of pyridine rings is 1. The fraction of sp³-hybridized carbons (Fsp3) is 0.226. The van der Waals surface area contributed by atoms with E-state index < -0.39 is 0 Å². The quantitative estimate of drug-likeness (QED) is 0.166. The van der Waals surface area contributed by atoms with Crippen LogP contribution >= 0.6 is 0 Å². The van der Waals surface area contributed by atoms with Crippen LogP contribution in [0.25, 0.3) is 32.9 Å². The molecule has 0 atom stereocenters. The smallest absolute Gasteiger partial charge is 0.310 e. The molecule has 0 spiro atoms. The molecule has 0 aliphatic heterocycles. The van der Waals surface area contributed by atoms with Crippen molar-refractivity contribution in [2.45, 2.75) is 19.4 Å². The lowest BCUT2D eigenvalue weighted by atomic mass is 9.97. The summed E-state index contributed by atoms with van der Waals surface area (Å²) in [5.41, 5.74) is 10.3. The van der Waals surface area contributed by atoms with Gasteiger partial charge in [-0.15, -0.1) is 0 Å². The van der Waals surface area contributed by atoms with Crippen molar-refractivity contribution in [3.05, 3.63) is 84.3 Å². The van der Waals surface area contributed by atoms with Crippen molar-refractivity contribution in [2.75, 3.05) is 33.2 Å². The van der Waals surface area contributed by atoms with Gasteiger partial charge in [-0.25, -0.2) is 4.98 Å². The van der Waals surface area contributed by atoms with Gasteiger partial charge in [-0.3, -0.25) is 4.79 Å². The molecule has 5 aromatic rings. The summed E-state index contributed by atoms with van der Waals surface area (Å²) in [5, 5.41) is 2.76. The summed E-state index contributed by atoms with van der Waals surface area (Å²) < 4.78 is 28.1. The average Bonchev–Trinajstić information content (AvgIpc) is 3.37. The maximum absolute atomic E-state index is 12.3. The average molecular weight is 527 g/mol. The number of benzene rings is 3. The minimum Gasteiger partial charge on any atom is -0.493 e. The number of fused-ring (bicyclic) bond motifs is 2. The topological polar surface area (TPSA) is 106 Å². The molecule has 0 aliphatic rings. The number of nitrogens with zero attached hydrogens (tertiary/aromatic N) is 1. The van der Waals surface area contributed by atoms with Gasteiger partial charge in [0.05, 0.1) is 26.4 Å². The standard InChI is InChI=1S/C31H30N2O6/c1-35-13-6-14-37-29(34)17-20-7-3-4-10-27(20)38-18-22-19-39-30-26(22)15-21(16-28(30)36-2)23-8-5-9-25-24(23)11-12-33-31(25)32/h3-5,7-12,15-16,19H,6,13-14,17-18H2,1-2H3,(H2,32,33). The van der Waals surface area contributed by atoms with Crippen LogP contribution in [0.1, 0.15) is 17.5 Å². The summed E-state index contributed by atoms with van der Waals surface area (Å²) >= 11 is 0. The largest absolute Gasteiger partial charge is 0.493 e. The molecule has 2 heterocycles. The summed E-state index contributed by atoms with van der Waals surface area (Å²) in [5.74, 6) is 1.40. The van der Waals surface area contributed by atoms with E-state index in [1.807, 2.05) is 54.6 Å². The number of nitrogen functional groups attached to an aromatic ring is 1. The lowest BCUT2D eigenvalue weighted by Crippen LogP contribution is -2.11. The molecular formula is C31H30N2O6. The number of hydrogen-bond donors (Lipinski definition) is 1. The van der Waals surface area contributed by atoms with E-state index in [0.717, 1.165) is 38.4 Å². The number of carbonyl (C=O) groups excluding carboxylic acids is 1. The van der Waals surface area contributed by atoms with E-state index in [4.69, 9.17) is 29.1 Å². The fourth-order valence-electron chi connectivity index (χ4n) is 4.60. The lowest BCUT2D eigenvalue weighted by Gasteiger charge is -2.12. The van der Waals surface area contributed by atoms with Gasteiger partial charge >= 0.3 is 5.97 Å². The van der Waals surface area contributed by atoms with E-state index in [-0.39, 0.29) is 19.0 Å². The first-order chi connectivity index (χ1) is 19.1. The maximum atomic E-state index is 12.3. The van der Waals surface area contributed by atoms with Crippen LogP contribution in [0.2, 0.25) is 0 Å². The monoisotopic (exact) mass is 526 g/mol. The molecule has 200 valence electrons. The molecule has 8 heteroatoms. The highest BCUT2D eigenvalue weighted by Crippen LogP contribution is 2.38. The Morgan fingerprint density at radius 2 is 1.79 bits per heavy atom. The predicted molar refractivity (Wildman–Crippen MR) is 150 cm³/mol. The predicted octanol–water partition coefficient (Wildman–Crippen LogP) is 5.94. The minimum atomic E-state index is -0.309. The third kappa shape index (κ3) is 5.66. The first-order valence-electron chi connectivity index (χ1n) is 12.7. The van der Waals surface area contributed by atoms with Crippen LogP contribution in [0.4, 0.5) is 5.82 Å². The SMILES string of the molecule is COCCCOC(=O)Cc1ccccc1OCc1coc2c(OC)cc(-c3cccc4c(N)nccc34)cc12. The molecule has 5 rings (SSSR count). The highest BCUT2D eigenvalue weighted by molar-refractivity contribution is 6.03. The van der Waals surface area contributed by atoms with E-state index in [1.165, 1.54) is 0 Å². The molecule has 0 aliphatic carbocycles. The fourth-order valence-corrected chi connectivity index (χ4v) is 4.60. The number of nitrogens with two attached hydrogens (primary N) is 1. The Labute approximate surface area is 226 Å². The number of para-hydroxylation sites is 1. The third-order valence-corrected chi connectivity index (χ3v) is 6.53. The van der Waals surface area contributed by atoms with Gasteiger partial charge in [-0.05, 0) is 40.8 Å². The van der Waals surface area contributed by atoms with Crippen LogP contribution in [-0.4, -0.2) is 38.4 Å². The van der Waals surface area contributed by atoms with E-state index >= 15 is 0 Å². The molecule has 39 heavy (non-hydrogen) atoms. The van der Waals surface area contributed by atoms with Gasteiger partial charge < -0.3 is 29.1 Å². The molecule has 0 saturated carbocycles. The van der Waals surface area contributed by atoms with Crippen molar-refractivity contribution >= 4 is 33.5 Å². The Bertz CT molecular complexity index is 1610. The second kappa shape index (κ2) is 11.9. The molecule has 8 nitrogen and oxygen atoms in total. The van der Waals surface area contributed by atoms with Crippen molar-refractivity contribution in [1.82, 2.24) is 4.98 Å². The Morgan fingerprint density at radius 3 is 2.64 bits per heavy atom. The van der Waals surface area contributed by atoms with Gasteiger partial charge in [-0.2, -0.15) is 0 Å². The van der Waals surface area contributed by atoms with Crippen LogP contribution in [0.3, 0.4) is 0 Å². The summed E-state index contributed by atoms with van der Waals surface area (Å²) in [6, 6.07) is 19.4. The summed E-state index contributed by atoms with van der Waals surface area (Å²) in [7, 11) is 3.24. The van der Waals surface area contributed by atoms with Crippen LogP contribution in [-0.2, 0) is 27.3 Å². The number of anilines is 1. The van der Waals surface area contributed by atoms with Crippen molar-refractivity contribution < 1.29 is 28.2 Å². The number of hydrogen-bond acceptors (Lipinski definition) is 8. The van der Waals surface area contributed by atoms with Crippen molar-refractivity contribution in [3.63, 3.8) is 0 Å². The number of carbonyl (C=O) groups is 1. The van der Waals surface area contributed by atoms with Gasteiger partial charge in [-0.1, -0.05) is 36.4 Å². The summed E-state index contributed by atoms with van der Waals surface area (Å²) in [6.07, 6.45) is 4.16. The van der Waals surface area contributed by atoms with E-state index in [2.05, 4.69) is 11.1 Å². The first kappa shape index (κ1) is 26.1.